The van der Waals surface area contributed by atoms with E-state index < -0.39 is 6.09 Å². The summed E-state index contributed by atoms with van der Waals surface area (Å²) in [6.45, 7) is 4.09. The number of hydrogen-bond donors (Lipinski definition) is 2. The summed E-state index contributed by atoms with van der Waals surface area (Å²) in [5.41, 5.74) is 1.39. The predicted octanol–water partition coefficient (Wildman–Crippen LogP) is 5.18. The maximum Gasteiger partial charge on any atom is 0.413 e. The Labute approximate surface area is 223 Å². The smallest absolute Gasteiger partial charge is 0.413 e. The van der Waals surface area contributed by atoms with E-state index in [0.29, 0.717) is 23.7 Å². The second-order valence-electron chi connectivity index (χ2n) is 9.02. The number of nitrogens with zero attached hydrogens (tertiary/aromatic N) is 4. The molecule has 2 N–H and O–H groups in total. The number of ether oxygens (including phenoxy) is 3. The van der Waals surface area contributed by atoms with Crippen LogP contribution in [0.15, 0.2) is 54.7 Å². The van der Waals surface area contributed by atoms with E-state index in [0.717, 1.165) is 29.3 Å². The van der Waals surface area contributed by atoms with E-state index in [2.05, 4.69) is 20.2 Å². The van der Waals surface area contributed by atoms with Crippen LogP contribution in [-0.2, 0) is 6.54 Å². The van der Waals surface area contributed by atoms with Gasteiger partial charge in [0.1, 0.15) is 11.6 Å². The molecular weight excluding hydrogens is 486 g/mol. The highest BCUT2D eigenvalue weighted by atomic mass is 16.5. The van der Waals surface area contributed by atoms with Gasteiger partial charge >= 0.3 is 6.09 Å². The number of piperidine rings is 1. The normalized spacial score (nSPS) is 13.5. The Morgan fingerprint density at radius 2 is 1.89 bits per heavy atom. The van der Waals surface area contributed by atoms with Gasteiger partial charge in [0.2, 0.25) is 5.95 Å². The van der Waals surface area contributed by atoms with Gasteiger partial charge in [0, 0.05) is 30.1 Å². The van der Waals surface area contributed by atoms with Gasteiger partial charge in [-0.2, -0.15) is 4.98 Å². The number of para-hydroxylation sites is 1. The molecule has 1 aromatic heterocycles. The summed E-state index contributed by atoms with van der Waals surface area (Å²) in [4.78, 5) is 24.5. The zero-order chi connectivity index (χ0) is 26.7. The number of hydrogen-bond acceptors (Lipinski definition) is 8. The quantitative estimate of drug-likeness (QED) is 0.312. The SMILES string of the molecule is COc1cccc(CN(C(=O)O)c2ccnc(Nc3cccc(OCCCN4CCCCC4)c3)n2)c1OC. The highest BCUT2D eigenvalue weighted by Crippen LogP contribution is 2.32. The van der Waals surface area contributed by atoms with Gasteiger partial charge in [0.15, 0.2) is 11.5 Å². The zero-order valence-electron chi connectivity index (χ0n) is 21.9. The van der Waals surface area contributed by atoms with E-state index >= 15 is 0 Å². The molecule has 1 amide bonds. The first-order valence-electron chi connectivity index (χ1n) is 12.8. The molecule has 0 atom stereocenters. The van der Waals surface area contributed by atoms with Crippen molar-refractivity contribution in [2.45, 2.75) is 32.2 Å². The van der Waals surface area contributed by atoms with Crippen LogP contribution in [0.1, 0.15) is 31.2 Å². The van der Waals surface area contributed by atoms with Crippen LogP contribution in [0.2, 0.25) is 0 Å². The number of likely N-dealkylation sites (tertiary alicyclic amines) is 1. The minimum atomic E-state index is -1.15. The van der Waals surface area contributed by atoms with Crippen molar-refractivity contribution in [1.82, 2.24) is 14.9 Å². The molecule has 0 aliphatic carbocycles. The van der Waals surface area contributed by atoms with E-state index in [9.17, 15) is 9.90 Å². The Balaban J connectivity index is 1.40. The molecule has 1 saturated heterocycles. The largest absolute Gasteiger partial charge is 0.493 e. The first-order valence-corrected chi connectivity index (χ1v) is 12.8. The summed E-state index contributed by atoms with van der Waals surface area (Å²) >= 11 is 0. The monoisotopic (exact) mass is 521 g/mol. The topological polar surface area (TPSA) is 109 Å². The fraction of sp³-hybridized carbons (Fsp3) is 0.393. The summed E-state index contributed by atoms with van der Waals surface area (Å²) in [6.07, 6.45) is 5.26. The maximum atomic E-state index is 12.2. The van der Waals surface area contributed by atoms with Crippen LogP contribution in [0.3, 0.4) is 0 Å². The molecule has 0 bridgehead atoms. The lowest BCUT2D eigenvalue weighted by molar-refractivity contribution is 0.201. The van der Waals surface area contributed by atoms with Crippen LogP contribution in [0, 0.1) is 0 Å². The van der Waals surface area contributed by atoms with Crippen LogP contribution in [0.4, 0.5) is 22.2 Å². The molecule has 0 radical (unpaired) electrons. The van der Waals surface area contributed by atoms with E-state index in [4.69, 9.17) is 14.2 Å². The molecule has 1 aliphatic heterocycles. The number of carbonyl (C=O) groups is 1. The third-order valence-corrected chi connectivity index (χ3v) is 6.39. The van der Waals surface area contributed by atoms with Crippen LogP contribution in [-0.4, -0.2) is 66.5 Å². The number of amides is 1. The van der Waals surface area contributed by atoms with E-state index in [1.807, 2.05) is 24.3 Å². The maximum absolute atomic E-state index is 12.2. The number of benzene rings is 2. The van der Waals surface area contributed by atoms with Crippen LogP contribution in [0.5, 0.6) is 17.2 Å². The number of rotatable bonds is 12. The first-order chi connectivity index (χ1) is 18.6. The van der Waals surface area contributed by atoms with E-state index in [1.165, 1.54) is 52.8 Å². The van der Waals surface area contributed by atoms with Crippen molar-refractivity contribution < 1.29 is 24.1 Å². The van der Waals surface area contributed by atoms with Crippen LogP contribution < -0.4 is 24.4 Å². The van der Waals surface area contributed by atoms with Gasteiger partial charge in [-0.3, -0.25) is 4.90 Å². The predicted molar refractivity (Wildman–Crippen MR) is 146 cm³/mol. The summed E-state index contributed by atoms with van der Waals surface area (Å²) in [7, 11) is 3.06. The first kappa shape index (κ1) is 27.0. The minimum absolute atomic E-state index is 0.0207. The fourth-order valence-electron chi connectivity index (χ4n) is 4.51. The highest BCUT2D eigenvalue weighted by Gasteiger charge is 2.21. The van der Waals surface area contributed by atoms with Crippen molar-refractivity contribution in [3.63, 3.8) is 0 Å². The number of anilines is 3. The van der Waals surface area contributed by atoms with Crippen molar-refractivity contribution in [3.8, 4) is 17.2 Å². The summed E-state index contributed by atoms with van der Waals surface area (Å²) in [5.74, 6) is 2.25. The third kappa shape index (κ3) is 7.25. The van der Waals surface area contributed by atoms with Gasteiger partial charge in [-0.05, 0) is 56.6 Å². The van der Waals surface area contributed by atoms with Gasteiger partial charge in [-0.1, -0.05) is 24.6 Å². The molecule has 1 fully saturated rings. The molecule has 3 aromatic rings. The van der Waals surface area contributed by atoms with Gasteiger partial charge in [0.05, 0.1) is 27.4 Å². The lowest BCUT2D eigenvalue weighted by Gasteiger charge is -2.26. The fourth-order valence-corrected chi connectivity index (χ4v) is 4.51. The third-order valence-electron chi connectivity index (χ3n) is 6.39. The summed E-state index contributed by atoms with van der Waals surface area (Å²) in [5, 5.41) is 13.1. The lowest BCUT2D eigenvalue weighted by atomic mass is 10.1. The van der Waals surface area contributed by atoms with Crippen LogP contribution >= 0.6 is 0 Å². The molecule has 0 saturated carbocycles. The van der Waals surface area contributed by atoms with Crippen molar-refractivity contribution in [1.29, 1.82) is 0 Å². The molecule has 2 heterocycles. The number of nitrogens with one attached hydrogen (secondary N) is 1. The number of carboxylic acid groups (broad SMARTS) is 1. The van der Waals surface area contributed by atoms with Crippen molar-refractivity contribution in [3.05, 3.63) is 60.3 Å². The van der Waals surface area contributed by atoms with Crippen molar-refractivity contribution >= 4 is 23.5 Å². The Bertz CT molecular complexity index is 1200. The summed E-state index contributed by atoms with van der Waals surface area (Å²) in [6, 6.07) is 14.4. The molecule has 38 heavy (non-hydrogen) atoms. The standard InChI is InChI=1S/C28H35N5O5/c1-36-24-12-6-9-21(26(24)37-2)20-33(28(34)35)25-13-14-29-27(31-25)30-22-10-7-11-23(19-22)38-18-8-17-32-15-4-3-5-16-32/h6-7,9-14,19H,3-5,8,15-18,20H2,1-2H3,(H,34,35)(H,29,30,31). The number of methoxy groups -OCH3 is 2. The lowest BCUT2D eigenvalue weighted by Crippen LogP contribution is -2.31. The summed E-state index contributed by atoms with van der Waals surface area (Å²) < 4.78 is 16.8. The zero-order valence-corrected chi connectivity index (χ0v) is 21.9. The van der Waals surface area contributed by atoms with Gasteiger partial charge < -0.3 is 29.5 Å². The molecule has 1 aliphatic rings. The number of aromatic nitrogens is 2. The molecule has 0 spiro atoms. The minimum Gasteiger partial charge on any atom is -0.493 e. The van der Waals surface area contributed by atoms with Crippen molar-refractivity contribution in [2.75, 3.05) is 50.7 Å². The van der Waals surface area contributed by atoms with Gasteiger partial charge in [-0.15, -0.1) is 0 Å². The Kier molecular flexibility index (Phi) is 9.58. The van der Waals surface area contributed by atoms with Gasteiger partial charge in [-0.25, -0.2) is 9.78 Å². The average Bonchev–Trinajstić information content (AvgIpc) is 2.94. The van der Waals surface area contributed by atoms with Gasteiger partial charge in [0.25, 0.3) is 0 Å². The highest BCUT2D eigenvalue weighted by molar-refractivity contribution is 5.85. The molecule has 10 nitrogen and oxygen atoms in total. The van der Waals surface area contributed by atoms with Crippen LogP contribution in [0.25, 0.3) is 0 Å². The molecule has 2 aromatic carbocycles. The average molecular weight is 522 g/mol. The second kappa shape index (κ2) is 13.5. The van der Waals surface area contributed by atoms with E-state index in [1.54, 1.807) is 24.3 Å². The van der Waals surface area contributed by atoms with E-state index in [-0.39, 0.29) is 18.3 Å². The molecule has 0 unspecified atom stereocenters. The van der Waals surface area contributed by atoms with Crippen molar-refractivity contribution in [2.24, 2.45) is 0 Å². The molecule has 202 valence electrons. The Morgan fingerprint density at radius 3 is 2.66 bits per heavy atom. The molecule has 10 heteroatoms. The molecule has 4 rings (SSSR count). The second-order valence-corrected chi connectivity index (χ2v) is 9.02. The Morgan fingerprint density at radius 1 is 1.08 bits per heavy atom. The Hall–Kier alpha value is -4.05. The molecular formula is C28H35N5O5.